The molecule has 2 aliphatic rings. The van der Waals surface area contributed by atoms with E-state index in [2.05, 4.69) is 36.3 Å². The van der Waals surface area contributed by atoms with Gasteiger partial charge in [-0.15, -0.1) is 0 Å². The summed E-state index contributed by atoms with van der Waals surface area (Å²) in [6.07, 6.45) is 7.47. The Balaban J connectivity index is 2.38. The maximum atomic E-state index is 3.92. The zero-order valence-corrected chi connectivity index (χ0v) is 8.93. The number of allylic oxidation sites excluding steroid dienone is 1. The van der Waals surface area contributed by atoms with E-state index in [0.717, 1.165) is 13.0 Å². The van der Waals surface area contributed by atoms with E-state index < -0.39 is 0 Å². The molecule has 2 nitrogen and oxygen atoms in total. The highest BCUT2D eigenvalue weighted by atomic mass is 15.2. The van der Waals surface area contributed by atoms with Crippen molar-refractivity contribution in [3.05, 3.63) is 36.0 Å². The Hall–Kier alpha value is -0.860. The molecule has 1 aliphatic carbocycles. The first-order chi connectivity index (χ1) is 6.77. The third-order valence-corrected chi connectivity index (χ3v) is 3.26. The van der Waals surface area contributed by atoms with Crippen molar-refractivity contribution >= 4 is 0 Å². The van der Waals surface area contributed by atoms with Gasteiger partial charge in [-0.05, 0) is 31.5 Å². The fraction of sp³-hybridized carbons (Fsp3) is 0.500. The fourth-order valence-corrected chi connectivity index (χ4v) is 2.43. The van der Waals surface area contributed by atoms with Gasteiger partial charge in [-0.1, -0.05) is 24.8 Å². The highest BCUT2D eigenvalue weighted by Gasteiger charge is 2.51. The van der Waals surface area contributed by atoms with Gasteiger partial charge in [0.15, 0.2) is 0 Å². The summed E-state index contributed by atoms with van der Waals surface area (Å²) < 4.78 is 0. The lowest BCUT2D eigenvalue weighted by atomic mass is 10.0. The van der Waals surface area contributed by atoms with Crippen LogP contribution in [0.25, 0.3) is 0 Å². The highest BCUT2D eigenvalue weighted by Crippen LogP contribution is 2.43. The molecule has 1 saturated heterocycles. The molecule has 1 fully saturated rings. The molecule has 76 valence electrons. The monoisotopic (exact) mass is 190 g/mol. The number of hydrogen-bond acceptors (Lipinski definition) is 2. The first-order valence-electron chi connectivity index (χ1n) is 5.19. The summed E-state index contributed by atoms with van der Waals surface area (Å²) in [6.45, 7) is 7.09. The van der Waals surface area contributed by atoms with Gasteiger partial charge in [-0.2, -0.15) is 0 Å². The third-order valence-electron chi connectivity index (χ3n) is 3.26. The Morgan fingerprint density at radius 2 is 2.36 bits per heavy atom. The van der Waals surface area contributed by atoms with Crippen LogP contribution in [0.3, 0.4) is 0 Å². The van der Waals surface area contributed by atoms with Crippen molar-refractivity contribution in [2.75, 3.05) is 13.6 Å². The molecule has 0 amide bonds. The standard InChI is InChI=1S/C12H18N2/c1-4-6-9-10(5-2)12(8-14-12)7-11(9)13-3/h4-6,11,13-14H,2,7-8H2,1,3H3/b6-4-. The summed E-state index contributed by atoms with van der Waals surface area (Å²) in [5.74, 6) is 0. The van der Waals surface area contributed by atoms with E-state index in [4.69, 9.17) is 0 Å². The van der Waals surface area contributed by atoms with Gasteiger partial charge >= 0.3 is 0 Å². The molecule has 0 saturated carbocycles. The summed E-state index contributed by atoms with van der Waals surface area (Å²) in [4.78, 5) is 0. The molecule has 2 N–H and O–H groups in total. The molecule has 2 unspecified atom stereocenters. The molecule has 14 heavy (non-hydrogen) atoms. The molecule has 0 radical (unpaired) electrons. The van der Waals surface area contributed by atoms with Crippen LogP contribution in [0.1, 0.15) is 13.3 Å². The Morgan fingerprint density at radius 1 is 1.64 bits per heavy atom. The molecular formula is C12H18N2. The van der Waals surface area contributed by atoms with Crippen molar-refractivity contribution in [1.82, 2.24) is 10.6 Å². The fourth-order valence-electron chi connectivity index (χ4n) is 2.43. The van der Waals surface area contributed by atoms with Crippen LogP contribution in [0.4, 0.5) is 0 Å². The molecule has 1 heterocycles. The van der Waals surface area contributed by atoms with Gasteiger partial charge in [0.2, 0.25) is 0 Å². The summed E-state index contributed by atoms with van der Waals surface area (Å²) >= 11 is 0. The van der Waals surface area contributed by atoms with Gasteiger partial charge in [0, 0.05) is 12.6 Å². The lowest BCUT2D eigenvalue weighted by molar-refractivity contribution is 0.580. The Labute approximate surface area is 85.8 Å². The average Bonchev–Trinajstić information content (AvgIpc) is 2.88. The van der Waals surface area contributed by atoms with Gasteiger partial charge in [-0.25, -0.2) is 0 Å². The third kappa shape index (κ3) is 1.26. The molecule has 0 aromatic heterocycles. The molecule has 2 rings (SSSR count). The molecular weight excluding hydrogens is 172 g/mol. The van der Waals surface area contributed by atoms with E-state index in [-0.39, 0.29) is 5.54 Å². The number of rotatable bonds is 3. The van der Waals surface area contributed by atoms with Gasteiger partial charge in [0.25, 0.3) is 0 Å². The number of hydrogen-bond donors (Lipinski definition) is 2. The lowest BCUT2D eigenvalue weighted by Gasteiger charge is -2.10. The van der Waals surface area contributed by atoms with E-state index in [1.807, 2.05) is 13.1 Å². The van der Waals surface area contributed by atoms with Crippen molar-refractivity contribution in [1.29, 1.82) is 0 Å². The molecule has 2 atom stereocenters. The van der Waals surface area contributed by atoms with Crippen LogP contribution in [-0.2, 0) is 0 Å². The van der Waals surface area contributed by atoms with E-state index in [0.29, 0.717) is 6.04 Å². The van der Waals surface area contributed by atoms with E-state index >= 15 is 0 Å². The Morgan fingerprint density at radius 3 is 2.79 bits per heavy atom. The maximum Gasteiger partial charge on any atom is 0.0583 e. The van der Waals surface area contributed by atoms with Crippen molar-refractivity contribution in [2.45, 2.75) is 24.9 Å². The van der Waals surface area contributed by atoms with E-state index in [1.165, 1.54) is 11.1 Å². The summed E-state index contributed by atoms with van der Waals surface area (Å²) in [5, 5.41) is 6.82. The SMILES string of the molecule is C=CC1=C(/C=C\C)C(NC)CC12CN2. The summed E-state index contributed by atoms with van der Waals surface area (Å²) in [7, 11) is 2.02. The summed E-state index contributed by atoms with van der Waals surface area (Å²) in [6, 6.07) is 0.481. The van der Waals surface area contributed by atoms with Crippen molar-refractivity contribution in [3.63, 3.8) is 0 Å². The summed E-state index contributed by atoms with van der Waals surface area (Å²) in [5.41, 5.74) is 3.04. The molecule has 2 heteroatoms. The van der Waals surface area contributed by atoms with Crippen LogP contribution >= 0.6 is 0 Å². The molecule has 0 aromatic carbocycles. The van der Waals surface area contributed by atoms with Crippen LogP contribution in [0.5, 0.6) is 0 Å². The molecule has 0 aromatic rings. The largest absolute Gasteiger partial charge is 0.313 e. The first-order valence-corrected chi connectivity index (χ1v) is 5.19. The second kappa shape index (κ2) is 3.37. The van der Waals surface area contributed by atoms with Crippen LogP contribution in [0.2, 0.25) is 0 Å². The quantitative estimate of drug-likeness (QED) is 0.659. The smallest absolute Gasteiger partial charge is 0.0583 e. The number of nitrogens with one attached hydrogen (secondary N) is 2. The first kappa shape index (κ1) is 9.69. The van der Waals surface area contributed by atoms with Crippen LogP contribution in [0.15, 0.2) is 36.0 Å². The van der Waals surface area contributed by atoms with Gasteiger partial charge in [0.1, 0.15) is 0 Å². The van der Waals surface area contributed by atoms with Gasteiger partial charge < -0.3 is 10.6 Å². The average molecular weight is 190 g/mol. The van der Waals surface area contributed by atoms with Crippen LogP contribution < -0.4 is 10.6 Å². The van der Waals surface area contributed by atoms with Crippen molar-refractivity contribution in [3.8, 4) is 0 Å². The predicted molar refractivity (Wildman–Crippen MR) is 60.2 cm³/mol. The predicted octanol–water partition coefficient (Wildman–Crippen LogP) is 1.38. The lowest BCUT2D eigenvalue weighted by Crippen LogP contribution is -2.26. The zero-order chi connectivity index (χ0) is 10.2. The molecule has 1 aliphatic heterocycles. The minimum Gasteiger partial charge on any atom is -0.313 e. The van der Waals surface area contributed by atoms with Gasteiger partial charge in [-0.3, -0.25) is 0 Å². The van der Waals surface area contributed by atoms with Crippen LogP contribution in [-0.4, -0.2) is 25.2 Å². The number of likely N-dealkylation sites (N-methyl/N-ethyl adjacent to an activating group) is 1. The van der Waals surface area contributed by atoms with Crippen LogP contribution in [0, 0.1) is 0 Å². The Kier molecular flexibility index (Phi) is 2.33. The topological polar surface area (TPSA) is 34.0 Å². The molecule has 1 spiro atoms. The highest BCUT2D eigenvalue weighted by molar-refractivity contribution is 5.52. The van der Waals surface area contributed by atoms with Crippen molar-refractivity contribution in [2.24, 2.45) is 0 Å². The second-order valence-corrected chi connectivity index (χ2v) is 4.05. The van der Waals surface area contributed by atoms with E-state index in [1.54, 1.807) is 0 Å². The van der Waals surface area contributed by atoms with E-state index in [9.17, 15) is 0 Å². The minimum absolute atomic E-state index is 0.254. The van der Waals surface area contributed by atoms with Gasteiger partial charge in [0.05, 0.1) is 5.54 Å². The minimum atomic E-state index is 0.254. The Bertz CT molecular complexity index is 308. The molecule has 0 bridgehead atoms. The maximum absolute atomic E-state index is 3.92. The normalized spacial score (nSPS) is 36.0. The second-order valence-electron chi connectivity index (χ2n) is 4.05. The van der Waals surface area contributed by atoms with Crippen molar-refractivity contribution < 1.29 is 0 Å². The zero-order valence-electron chi connectivity index (χ0n) is 8.93.